The van der Waals surface area contributed by atoms with Crippen LogP contribution in [0.15, 0.2) is 57.4 Å². The summed E-state index contributed by atoms with van der Waals surface area (Å²) in [5.74, 6) is 0. The summed E-state index contributed by atoms with van der Waals surface area (Å²) in [5, 5.41) is 16.1. The molecule has 0 radical (unpaired) electrons. The van der Waals surface area contributed by atoms with Gasteiger partial charge in [-0.3, -0.25) is 0 Å². The zero-order chi connectivity index (χ0) is 27.4. The molecule has 0 aromatic heterocycles. The van der Waals surface area contributed by atoms with E-state index in [1.807, 2.05) is 41.5 Å². The normalized spacial score (nSPS) is 19.5. The summed E-state index contributed by atoms with van der Waals surface area (Å²) in [5.41, 5.74) is -0.0331. The van der Waals surface area contributed by atoms with Gasteiger partial charge >= 0.3 is 20.2 Å². The van der Waals surface area contributed by atoms with E-state index >= 15 is 0 Å². The van der Waals surface area contributed by atoms with Crippen molar-refractivity contribution < 1.29 is 34.7 Å². The van der Waals surface area contributed by atoms with E-state index in [4.69, 9.17) is 19.4 Å². The van der Waals surface area contributed by atoms with E-state index in [2.05, 4.69) is 0 Å². The monoisotopic (exact) mass is 542 g/mol. The SMILES string of the molecule is CC[N+](CC)(CC)OS(=O)(=O)C1=CC(=N)C=CC1=C1C=CC(=N)C=C1S(=O)(=O)O[N+](CC)(CC)CC. The van der Waals surface area contributed by atoms with Crippen LogP contribution in [-0.4, -0.2) is 76.8 Å². The van der Waals surface area contributed by atoms with Crippen LogP contribution in [0.1, 0.15) is 41.5 Å². The van der Waals surface area contributed by atoms with Gasteiger partial charge in [0.2, 0.25) is 0 Å². The molecule has 2 aliphatic rings. The lowest BCUT2D eigenvalue weighted by Gasteiger charge is -2.32. The van der Waals surface area contributed by atoms with Gasteiger partial charge in [-0.15, -0.1) is 0 Å². The van der Waals surface area contributed by atoms with Crippen LogP contribution >= 0.6 is 0 Å². The highest BCUT2D eigenvalue weighted by Gasteiger charge is 2.40. The lowest BCUT2D eigenvalue weighted by atomic mass is 9.98. The maximum absolute atomic E-state index is 13.5. The fourth-order valence-electron chi connectivity index (χ4n) is 4.06. The summed E-state index contributed by atoms with van der Waals surface area (Å²) < 4.78 is 65.1. The summed E-state index contributed by atoms with van der Waals surface area (Å²) >= 11 is 0. The molecule has 0 aromatic carbocycles. The third-order valence-electron chi connectivity index (χ3n) is 6.76. The molecule has 0 unspecified atom stereocenters. The summed E-state index contributed by atoms with van der Waals surface area (Å²) in [6.45, 7) is 13.3. The van der Waals surface area contributed by atoms with Gasteiger partial charge in [0.25, 0.3) is 0 Å². The number of quaternary nitrogens is 2. The fourth-order valence-corrected chi connectivity index (χ4v) is 7.12. The Labute approximate surface area is 215 Å². The predicted molar refractivity (Wildman–Crippen MR) is 141 cm³/mol. The molecule has 2 N–H and O–H groups in total. The molecule has 0 amide bonds. The Morgan fingerprint density at radius 2 is 0.861 bits per heavy atom. The first-order chi connectivity index (χ1) is 16.8. The van der Waals surface area contributed by atoms with Crippen molar-refractivity contribution in [1.29, 1.82) is 10.8 Å². The zero-order valence-corrected chi connectivity index (χ0v) is 23.5. The maximum atomic E-state index is 13.5. The van der Waals surface area contributed by atoms with Crippen molar-refractivity contribution in [1.82, 2.24) is 0 Å². The number of rotatable bonds is 12. The number of hydrogen-bond donors (Lipinski definition) is 2. The highest BCUT2D eigenvalue weighted by molar-refractivity contribution is 7.91. The Morgan fingerprint density at radius 3 is 1.11 bits per heavy atom. The largest absolute Gasteiger partial charge is 0.343 e. The fraction of sp³-hybridized carbons (Fsp3) is 0.500. The number of allylic oxidation sites excluding steroid dienone is 8. The lowest BCUT2D eigenvalue weighted by molar-refractivity contribution is -1.08. The Morgan fingerprint density at radius 1 is 0.583 bits per heavy atom. The van der Waals surface area contributed by atoms with Gasteiger partial charge in [0.15, 0.2) is 0 Å². The number of nitrogens with zero attached hydrogens (tertiary/aromatic N) is 2. The third kappa shape index (κ3) is 6.18. The van der Waals surface area contributed by atoms with E-state index in [1.165, 1.54) is 24.3 Å². The second-order valence-corrected chi connectivity index (χ2v) is 11.5. The minimum Gasteiger partial charge on any atom is -0.301 e. The topological polar surface area (TPSA) is 134 Å². The van der Waals surface area contributed by atoms with Crippen LogP contribution in [-0.2, 0) is 28.8 Å². The van der Waals surface area contributed by atoms with Gasteiger partial charge < -0.3 is 10.8 Å². The second-order valence-electron chi connectivity index (χ2n) is 8.49. The maximum Gasteiger partial charge on any atom is 0.343 e. The molecule has 0 heterocycles. The lowest BCUT2D eigenvalue weighted by Crippen LogP contribution is -2.49. The quantitative estimate of drug-likeness (QED) is 0.286. The van der Waals surface area contributed by atoms with Gasteiger partial charge in [-0.05, 0) is 65.8 Å². The molecule has 2 rings (SSSR count). The molecular weight excluding hydrogens is 504 g/mol. The van der Waals surface area contributed by atoms with Crippen LogP contribution < -0.4 is 0 Å². The molecule has 0 fully saturated rings. The molecule has 12 heteroatoms. The van der Waals surface area contributed by atoms with E-state index in [0.717, 1.165) is 12.2 Å². The average Bonchev–Trinajstić information content (AvgIpc) is 2.86. The standard InChI is InChI=1S/C24H38N4O6S2/c1-7-27(8-2,9-3)33-35(29,30)23-17-19(25)13-15-21(23)22-16-14-20(26)18-24(22)36(31,32)34-28(10-4,11-5)12-6/h13-18,25-26H,7-12H2,1-6H3/q+2. The van der Waals surface area contributed by atoms with Gasteiger partial charge in [0.1, 0.15) is 49.1 Å². The van der Waals surface area contributed by atoms with Crippen molar-refractivity contribution in [3.63, 3.8) is 0 Å². The van der Waals surface area contributed by atoms with E-state index in [-0.39, 0.29) is 41.7 Å². The van der Waals surface area contributed by atoms with Crippen molar-refractivity contribution in [3.8, 4) is 0 Å². The van der Waals surface area contributed by atoms with Crippen LogP contribution in [0.4, 0.5) is 0 Å². The Bertz CT molecular complexity index is 1150. The third-order valence-corrected chi connectivity index (χ3v) is 9.54. The summed E-state index contributed by atoms with van der Waals surface area (Å²) in [7, 11) is -8.82. The molecule has 0 aromatic rings. The predicted octanol–water partition coefficient (Wildman–Crippen LogP) is 3.51. The molecule has 0 spiro atoms. The van der Waals surface area contributed by atoms with Gasteiger partial charge in [-0.2, -0.15) is 26.1 Å². The molecule has 200 valence electrons. The first kappa shape index (κ1) is 30.0. The van der Waals surface area contributed by atoms with Crippen molar-refractivity contribution in [2.45, 2.75) is 41.5 Å². The van der Waals surface area contributed by atoms with Crippen LogP contribution in [0, 0.1) is 10.8 Å². The molecule has 0 saturated carbocycles. The van der Waals surface area contributed by atoms with Crippen LogP contribution in [0.25, 0.3) is 0 Å². The van der Waals surface area contributed by atoms with Crippen LogP contribution in [0.3, 0.4) is 0 Å². The van der Waals surface area contributed by atoms with Crippen molar-refractivity contribution in [3.05, 3.63) is 57.4 Å². The van der Waals surface area contributed by atoms with Crippen molar-refractivity contribution in [2.24, 2.45) is 0 Å². The molecular formula is C24H38N4O6S2+2. The smallest absolute Gasteiger partial charge is 0.301 e. The van der Waals surface area contributed by atoms with E-state index in [1.54, 1.807) is 0 Å². The Kier molecular flexibility index (Phi) is 9.54. The van der Waals surface area contributed by atoms with Crippen molar-refractivity contribution in [2.75, 3.05) is 39.3 Å². The molecule has 10 nitrogen and oxygen atoms in total. The molecule has 2 aliphatic carbocycles. The number of nitrogens with one attached hydrogen (secondary N) is 2. The minimum atomic E-state index is -4.41. The molecule has 36 heavy (non-hydrogen) atoms. The van der Waals surface area contributed by atoms with Crippen LogP contribution in [0.2, 0.25) is 0 Å². The van der Waals surface area contributed by atoms with Gasteiger partial charge in [0, 0.05) is 11.1 Å². The van der Waals surface area contributed by atoms with Crippen LogP contribution in [0.5, 0.6) is 0 Å². The number of hydroxylamine groups is 6. The average molecular weight is 543 g/mol. The van der Waals surface area contributed by atoms with E-state index in [9.17, 15) is 16.8 Å². The summed E-state index contributed by atoms with van der Waals surface area (Å²) in [4.78, 5) is -0.631. The Balaban J connectivity index is 2.74. The molecule has 0 aliphatic heterocycles. The summed E-state index contributed by atoms with van der Waals surface area (Å²) in [6.07, 6.45) is 7.83. The second kappa shape index (κ2) is 11.4. The first-order valence-electron chi connectivity index (χ1n) is 12.1. The Hall–Kier alpha value is -2.22. The van der Waals surface area contributed by atoms with Gasteiger partial charge in [-0.25, -0.2) is 0 Å². The molecule has 0 saturated heterocycles. The molecule has 0 atom stereocenters. The zero-order valence-electron chi connectivity index (χ0n) is 21.9. The van der Waals surface area contributed by atoms with Gasteiger partial charge in [0.05, 0.1) is 11.4 Å². The number of hydrogen-bond acceptors (Lipinski definition) is 8. The van der Waals surface area contributed by atoms with E-state index in [0.29, 0.717) is 39.3 Å². The molecule has 0 bridgehead atoms. The minimum absolute atomic E-state index is 0.0529. The summed E-state index contributed by atoms with van der Waals surface area (Å²) in [6, 6.07) is 0. The van der Waals surface area contributed by atoms with Gasteiger partial charge in [-0.1, -0.05) is 20.7 Å². The highest BCUT2D eigenvalue weighted by Crippen LogP contribution is 2.36. The van der Waals surface area contributed by atoms with Crippen molar-refractivity contribution >= 4 is 31.7 Å². The first-order valence-corrected chi connectivity index (χ1v) is 15.0. The highest BCUT2D eigenvalue weighted by atomic mass is 32.2. The van der Waals surface area contributed by atoms with E-state index < -0.39 is 20.2 Å².